The van der Waals surface area contributed by atoms with Crippen molar-refractivity contribution in [3.8, 4) is 6.07 Å². The number of hydrogen-bond donors (Lipinski definition) is 1. The van der Waals surface area contributed by atoms with E-state index in [1.54, 1.807) is 6.92 Å². The van der Waals surface area contributed by atoms with Crippen molar-refractivity contribution in [3.05, 3.63) is 0 Å². The Morgan fingerprint density at radius 1 is 1.89 bits per heavy atom. The second kappa shape index (κ2) is 1.98. The van der Waals surface area contributed by atoms with Crippen molar-refractivity contribution in [2.75, 3.05) is 13.2 Å². The summed E-state index contributed by atoms with van der Waals surface area (Å²) >= 11 is 0. The summed E-state index contributed by atoms with van der Waals surface area (Å²) in [6.07, 6.45) is 0. The average molecular weight is 127 g/mol. The van der Waals surface area contributed by atoms with Crippen LogP contribution >= 0.6 is 0 Å². The van der Waals surface area contributed by atoms with Crippen molar-refractivity contribution >= 4 is 0 Å². The van der Waals surface area contributed by atoms with Gasteiger partial charge in [0.05, 0.1) is 13.2 Å². The Labute approximate surface area is 53.9 Å². The number of rotatable bonds is 0. The molecular formula is C6H9NO2. The standard InChI is InChI=1S/C6H9NO2/c1-5-2-9-4-6(5,8)3-7/h5,8H,2,4H2,1H3. The summed E-state index contributed by atoms with van der Waals surface area (Å²) in [5.74, 6) is -0.0532. The summed E-state index contributed by atoms with van der Waals surface area (Å²) in [7, 11) is 0. The highest BCUT2D eigenvalue weighted by atomic mass is 16.5. The molecule has 3 heteroatoms. The Morgan fingerprint density at radius 2 is 2.56 bits per heavy atom. The van der Waals surface area contributed by atoms with Crippen molar-refractivity contribution in [2.45, 2.75) is 12.5 Å². The van der Waals surface area contributed by atoms with E-state index in [0.717, 1.165) is 0 Å². The van der Waals surface area contributed by atoms with Gasteiger partial charge in [-0.25, -0.2) is 0 Å². The van der Waals surface area contributed by atoms with E-state index >= 15 is 0 Å². The van der Waals surface area contributed by atoms with E-state index in [2.05, 4.69) is 0 Å². The maximum Gasteiger partial charge on any atom is 0.179 e. The first-order valence-electron chi connectivity index (χ1n) is 2.90. The fourth-order valence-corrected chi connectivity index (χ4v) is 0.814. The molecule has 1 rings (SSSR count). The molecule has 2 unspecified atom stereocenters. The van der Waals surface area contributed by atoms with Gasteiger partial charge < -0.3 is 9.84 Å². The fraction of sp³-hybridized carbons (Fsp3) is 0.833. The van der Waals surface area contributed by atoms with E-state index in [4.69, 9.17) is 10.00 Å². The number of aliphatic hydroxyl groups is 1. The third-order valence-electron chi connectivity index (χ3n) is 1.70. The van der Waals surface area contributed by atoms with Gasteiger partial charge in [0.15, 0.2) is 5.60 Å². The molecule has 0 amide bonds. The molecule has 0 aromatic carbocycles. The predicted octanol–water partition coefficient (Wildman–Crippen LogP) is -0.0926. The second-order valence-electron chi connectivity index (χ2n) is 2.45. The molecule has 0 aromatic rings. The Balaban J connectivity index is 2.70. The van der Waals surface area contributed by atoms with Gasteiger partial charge in [0.25, 0.3) is 0 Å². The quantitative estimate of drug-likeness (QED) is 0.462. The second-order valence-corrected chi connectivity index (χ2v) is 2.45. The molecule has 0 spiro atoms. The van der Waals surface area contributed by atoms with E-state index in [9.17, 15) is 5.11 Å². The molecule has 2 atom stereocenters. The molecule has 1 fully saturated rings. The predicted molar refractivity (Wildman–Crippen MR) is 30.5 cm³/mol. The van der Waals surface area contributed by atoms with Gasteiger partial charge in [-0.05, 0) is 0 Å². The summed E-state index contributed by atoms with van der Waals surface area (Å²) in [4.78, 5) is 0. The van der Waals surface area contributed by atoms with Crippen LogP contribution in [0.3, 0.4) is 0 Å². The molecule has 1 aliphatic rings. The molecule has 1 aliphatic heterocycles. The van der Waals surface area contributed by atoms with Gasteiger partial charge in [0.2, 0.25) is 0 Å². The molecule has 0 bridgehead atoms. The van der Waals surface area contributed by atoms with Crippen LogP contribution in [0.2, 0.25) is 0 Å². The minimum Gasteiger partial charge on any atom is -0.377 e. The maximum absolute atomic E-state index is 9.28. The third kappa shape index (κ3) is 0.913. The molecule has 0 saturated carbocycles. The number of nitrogens with zero attached hydrogens (tertiary/aromatic N) is 1. The topological polar surface area (TPSA) is 53.2 Å². The summed E-state index contributed by atoms with van der Waals surface area (Å²) in [6, 6.07) is 1.82. The van der Waals surface area contributed by atoms with Crippen LogP contribution < -0.4 is 0 Å². The number of hydrogen-bond acceptors (Lipinski definition) is 3. The number of ether oxygens (including phenoxy) is 1. The molecular weight excluding hydrogens is 118 g/mol. The lowest BCUT2D eigenvalue weighted by Gasteiger charge is -2.14. The lowest BCUT2D eigenvalue weighted by atomic mass is 9.95. The fourth-order valence-electron chi connectivity index (χ4n) is 0.814. The van der Waals surface area contributed by atoms with Crippen LogP contribution in [0.4, 0.5) is 0 Å². The van der Waals surface area contributed by atoms with Crippen molar-refractivity contribution in [2.24, 2.45) is 5.92 Å². The molecule has 1 heterocycles. The molecule has 0 aromatic heterocycles. The molecule has 9 heavy (non-hydrogen) atoms. The Morgan fingerprint density at radius 3 is 2.78 bits per heavy atom. The van der Waals surface area contributed by atoms with Gasteiger partial charge in [0.1, 0.15) is 6.07 Å². The van der Waals surface area contributed by atoms with Crippen LogP contribution in [0.5, 0.6) is 0 Å². The third-order valence-corrected chi connectivity index (χ3v) is 1.70. The average Bonchev–Trinajstić information content (AvgIpc) is 2.15. The van der Waals surface area contributed by atoms with Gasteiger partial charge in [-0.1, -0.05) is 6.92 Å². The van der Waals surface area contributed by atoms with Gasteiger partial charge >= 0.3 is 0 Å². The van der Waals surface area contributed by atoms with E-state index in [1.165, 1.54) is 0 Å². The summed E-state index contributed by atoms with van der Waals surface area (Å²) < 4.78 is 4.89. The first-order chi connectivity index (χ1) is 4.19. The molecule has 50 valence electrons. The zero-order valence-corrected chi connectivity index (χ0v) is 5.29. The Bertz CT molecular complexity index is 152. The maximum atomic E-state index is 9.28. The first kappa shape index (κ1) is 6.53. The van der Waals surface area contributed by atoms with Crippen molar-refractivity contribution in [1.82, 2.24) is 0 Å². The summed E-state index contributed by atoms with van der Waals surface area (Å²) in [5.41, 5.74) is -1.22. The van der Waals surface area contributed by atoms with E-state index in [0.29, 0.717) is 6.61 Å². The van der Waals surface area contributed by atoms with Gasteiger partial charge in [-0.15, -0.1) is 0 Å². The summed E-state index contributed by atoms with van der Waals surface area (Å²) in [5, 5.41) is 17.7. The SMILES string of the molecule is CC1COCC1(O)C#N. The highest BCUT2D eigenvalue weighted by Gasteiger charge is 2.39. The van der Waals surface area contributed by atoms with Crippen molar-refractivity contribution < 1.29 is 9.84 Å². The molecule has 3 nitrogen and oxygen atoms in total. The number of nitriles is 1. The van der Waals surface area contributed by atoms with Crippen LogP contribution in [-0.2, 0) is 4.74 Å². The van der Waals surface area contributed by atoms with Crippen LogP contribution in [0.15, 0.2) is 0 Å². The zero-order chi connectivity index (χ0) is 6.91. The van der Waals surface area contributed by atoms with Crippen LogP contribution in [0.25, 0.3) is 0 Å². The van der Waals surface area contributed by atoms with Crippen LogP contribution in [0.1, 0.15) is 6.92 Å². The van der Waals surface area contributed by atoms with Gasteiger partial charge in [-0.3, -0.25) is 0 Å². The first-order valence-corrected chi connectivity index (χ1v) is 2.90. The minimum atomic E-state index is -1.22. The highest BCUT2D eigenvalue weighted by Crippen LogP contribution is 2.23. The van der Waals surface area contributed by atoms with Crippen molar-refractivity contribution in [1.29, 1.82) is 5.26 Å². The normalized spacial score (nSPS) is 42.6. The Kier molecular flexibility index (Phi) is 1.43. The van der Waals surface area contributed by atoms with Crippen LogP contribution in [-0.4, -0.2) is 23.9 Å². The Hall–Kier alpha value is -0.590. The molecule has 0 aliphatic carbocycles. The monoisotopic (exact) mass is 127 g/mol. The summed E-state index contributed by atoms with van der Waals surface area (Å²) in [6.45, 7) is 2.45. The molecule has 1 saturated heterocycles. The lowest BCUT2D eigenvalue weighted by Crippen LogP contribution is -2.33. The van der Waals surface area contributed by atoms with E-state index < -0.39 is 5.60 Å². The molecule has 0 radical (unpaired) electrons. The van der Waals surface area contributed by atoms with E-state index in [1.807, 2.05) is 6.07 Å². The van der Waals surface area contributed by atoms with Gasteiger partial charge in [0, 0.05) is 5.92 Å². The van der Waals surface area contributed by atoms with Gasteiger partial charge in [-0.2, -0.15) is 5.26 Å². The van der Waals surface area contributed by atoms with E-state index in [-0.39, 0.29) is 12.5 Å². The minimum absolute atomic E-state index is 0.0532. The largest absolute Gasteiger partial charge is 0.377 e. The van der Waals surface area contributed by atoms with Crippen molar-refractivity contribution in [3.63, 3.8) is 0 Å². The highest BCUT2D eigenvalue weighted by molar-refractivity contribution is 5.06. The smallest absolute Gasteiger partial charge is 0.179 e. The lowest BCUT2D eigenvalue weighted by molar-refractivity contribution is 0.0581. The molecule has 1 N–H and O–H groups in total. The van der Waals surface area contributed by atoms with Crippen LogP contribution in [0, 0.1) is 17.2 Å². The zero-order valence-electron chi connectivity index (χ0n) is 5.29.